The Morgan fingerprint density at radius 1 is 1.10 bits per heavy atom. The molecule has 0 spiro atoms. The number of hydrogen-bond donors (Lipinski definition) is 0. The molecule has 6 rings (SSSR count). The number of piperazine rings is 1. The van der Waals surface area contributed by atoms with Crippen molar-refractivity contribution in [3.63, 3.8) is 0 Å². The van der Waals surface area contributed by atoms with Gasteiger partial charge in [-0.15, -0.1) is 0 Å². The van der Waals surface area contributed by atoms with Crippen LogP contribution in [-0.4, -0.2) is 78.2 Å². The lowest BCUT2D eigenvalue weighted by Gasteiger charge is -2.42. The molecule has 4 heterocycles. The molecule has 2 atom stereocenters. The third-order valence-electron chi connectivity index (χ3n) is 9.09. The fourth-order valence-corrected chi connectivity index (χ4v) is 7.19. The molecule has 2 fully saturated rings. The van der Waals surface area contributed by atoms with Crippen LogP contribution in [-0.2, 0) is 25.8 Å². The SMILES string of the molecule is CC(F)=CN1CCN(c2nc(OC[C@@H]3CCCN3C)nc3c2CCN(c2cc(Cl)cc4c2CCC4)C3)C[C@@H]1CC#N. The lowest BCUT2D eigenvalue weighted by atomic mass is 10.0. The predicted octanol–water partition coefficient (Wildman–Crippen LogP) is 4.89. The number of benzene rings is 1. The van der Waals surface area contributed by atoms with Crippen LogP contribution in [0, 0.1) is 11.3 Å². The number of ether oxygens (including phenoxy) is 1. The maximum Gasteiger partial charge on any atom is 0.318 e. The fraction of sp³-hybridized carbons (Fsp3) is 0.581. The number of rotatable bonds is 7. The van der Waals surface area contributed by atoms with Crippen molar-refractivity contribution in [2.45, 2.75) is 70.5 Å². The van der Waals surface area contributed by atoms with E-state index in [1.807, 2.05) is 4.90 Å². The van der Waals surface area contributed by atoms with Crippen LogP contribution in [0.25, 0.3) is 0 Å². The lowest BCUT2D eigenvalue weighted by molar-refractivity contribution is 0.187. The molecular weight excluding hydrogens is 541 g/mol. The van der Waals surface area contributed by atoms with Crippen LogP contribution in [0.15, 0.2) is 24.2 Å². The number of nitrogens with zero attached hydrogens (tertiary/aromatic N) is 7. The monoisotopic (exact) mass is 579 g/mol. The Morgan fingerprint density at radius 3 is 2.76 bits per heavy atom. The highest BCUT2D eigenvalue weighted by molar-refractivity contribution is 6.31. The van der Waals surface area contributed by atoms with Gasteiger partial charge in [0.2, 0.25) is 0 Å². The van der Waals surface area contributed by atoms with Gasteiger partial charge in [0, 0.05) is 54.7 Å². The van der Waals surface area contributed by atoms with Gasteiger partial charge in [0.15, 0.2) is 0 Å². The number of aryl methyl sites for hydroxylation is 1. The molecule has 4 aliphatic rings. The average Bonchev–Trinajstić information content (AvgIpc) is 3.60. The van der Waals surface area contributed by atoms with Gasteiger partial charge in [0.05, 0.1) is 30.8 Å². The maximum atomic E-state index is 13.8. The van der Waals surface area contributed by atoms with Crippen molar-refractivity contribution in [3.05, 3.63) is 51.6 Å². The van der Waals surface area contributed by atoms with Crippen molar-refractivity contribution in [2.24, 2.45) is 0 Å². The molecule has 0 unspecified atom stereocenters. The van der Waals surface area contributed by atoms with Gasteiger partial charge in [0.25, 0.3) is 0 Å². The van der Waals surface area contributed by atoms with Crippen molar-refractivity contribution in [1.29, 1.82) is 5.26 Å². The molecule has 0 N–H and O–H groups in total. The molecule has 218 valence electrons. The zero-order valence-electron chi connectivity index (χ0n) is 24.1. The summed E-state index contributed by atoms with van der Waals surface area (Å²) in [5.74, 6) is 0.644. The molecule has 41 heavy (non-hydrogen) atoms. The van der Waals surface area contributed by atoms with E-state index in [0.717, 1.165) is 60.9 Å². The molecule has 10 heteroatoms. The van der Waals surface area contributed by atoms with E-state index in [9.17, 15) is 9.65 Å². The second kappa shape index (κ2) is 12.0. The lowest BCUT2D eigenvalue weighted by Crippen LogP contribution is -2.51. The Kier molecular flexibility index (Phi) is 8.23. The van der Waals surface area contributed by atoms with Crippen LogP contribution in [0.3, 0.4) is 0 Å². The highest BCUT2D eigenvalue weighted by Crippen LogP contribution is 2.38. The van der Waals surface area contributed by atoms with Crippen molar-refractivity contribution in [2.75, 3.05) is 56.2 Å². The number of likely N-dealkylation sites (N-methyl/N-ethyl adjacent to an activating group) is 1. The fourth-order valence-electron chi connectivity index (χ4n) is 6.96. The Bertz CT molecular complexity index is 1360. The van der Waals surface area contributed by atoms with E-state index in [1.54, 1.807) is 0 Å². The zero-order chi connectivity index (χ0) is 28.5. The maximum absolute atomic E-state index is 13.8. The Morgan fingerprint density at radius 2 is 1.98 bits per heavy atom. The second-order valence-electron chi connectivity index (χ2n) is 11.8. The normalized spacial score (nSPS) is 23.0. The molecule has 8 nitrogen and oxygen atoms in total. The summed E-state index contributed by atoms with van der Waals surface area (Å²) >= 11 is 6.56. The summed E-state index contributed by atoms with van der Waals surface area (Å²) in [6.45, 7) is 6.52. The van der Waals surface area contributed by atoms with Crippen LogP contribution >= 0.6 is 11.6 Å². The van der Waals surface area contributed by atoms with Gasteiger partial charge in [-0.25, -0.2) is 4.39 Å². The summed E-state index contributed by atoms with van der Waals surface area (Å²) in [6, 6.07) is 7.18. The van der Waals surface area contributed by atoms with Gasteiger partial charge in [-0.1, -0.05) is 11.6 Å². The molecule has 1 aliphatic carbocycles. The van der Waals surface area contributed by atoms with E-state index in [2.05, 4.69) is 39.9 Å². The van der Waals surface area contributed by atoms with Crippen molar-refractivity contribution < 1.29 is 9.13 Å². The first-order valence-corrected chi connectivity index (χ1v) is 15.3. The van der Waals surface area contributed by atoms with E-state index < -0.39 is 0 Å². The smallest absolute Gasteiger partial charge is 0.318 e. The van der Waals surface area contributed by atoms with Crippen LogP contribution in [0.4, 0.5) is 15.9 Å². The first-order valence-electron chi connectivity index (χ1n) is 14.9. The summed E-state index contributed by atoms with van der Waals surface area (Å²) in [5, 5.41) is 10.3. The third kappa shape index (κ3) is 5.96. The van der Waals surface area contributed by atoms with E-state index in [0.29, 0.717) is 51.3 Å². The van der Waals surface area contributed by atoms with Gasteiger partial charge >= 0.3 is 6.01 Å². The van der Waals surface area contributed by atoms with Crippen LogP contribution < -0.4 is 14.5 Å². The third-order valence-corrected chi connectivity index (χ3v) is 9.31. The number of nitriles is 1. The second-order valence-corrected chi connectivity index (χ2v) is 12.3. The summed E-state index contributed by atoms with van der Waals surface area (Å²) in [7, 11) is 2.14. The van der Waals surface area contributed by atoms with Gasteiger partial charge in [0.1, 0.15) is 18.3 Å². The van der Waals surface area contributed by atoms with Crippen LogP contribution in [0.1, 0.15) is 55.0 Å². The Labute approximate surface area is 247 Å². The number of likely N-dealkylation sites (tertiary alicyclic amines) is 1. The predicted molar refractivity (Wildman–Crippen MR) is 159 cm³/mol. The molecule has 1 aromatic carbocycles. The standard InChI is InChI=1S/C31H39ClFN7O/c1-21(33)17-38-13-14-40(18-24(38)8-10-34)30-27-9-12-39(29-16-23(32)15-22-5-3-7-26(22)29)19-28(27)35-31(36-30)41-20-25-6-4-11-37(25)2/h15-17,24-25H,3-9,11-14,18-20H2,1-2H3/t24-,25-/m0/s1. The van der Waals surface area contributed by atoms with Crippen molar-refractivity contribution in [3.8, 4) is 12.1 Å². The molecule has 0 amide bonds. The molecule has 0 radical (unpaired) electrons. The minimum atomic E-state index is -0.249. The molecule has 0 saturated carbocycles. The van der Waals surface area contributed by atoms with Gasteiger partial charge in [-0.05, 0) is 82.3 Å². The first-order chi connectivity index (χ1) is 19.9. The highest BCUT2D eigenvalue weighted by Gasteiger charge is 2.32. The molecule has 2 saturated heterocycles. The minimum Gasteiger partial charge on any atom is -0.462 e. The van der Waals surface area contributed by atoms with Crippen molar-refractivity contribution in [1.82, 2.24) is 19.8 Å². The first kappa shape index (κ1) is 28.0. The number of anilines is 2. The quantitative estimate of drug-likeness (QED) is 0.459. The van der Waals surface area contributed by atoms with Crippen LogP contribution in [0.5, 0.6) is 6.01 Å². The number of fused-ring (bicyclic) bond motifs is 2. The summed E-state index contributed by atoms with van der Waals surface area (Å²) in [6.07, 6.45) is 8.28. The number of hydrogen-bond acceptors (Lipinski definition) is 8. The van der Waals surface area contributed by atoms with Gasteiger partial charge in [-0.3, -0.25) is 0 Å². The molecule has 2 aromatic rings. The Balaban J connectivity index is 1.31. The molecular formula is C31H39ClFN7O. The summed E-state index contributed by atoms with van der Waals surface area (Å²) < 4.78 is 20.1. The van der Waals surface area contributed by atoms with Crippen molar-refractivity contribution >= 4 is 23.1 Å². The van der Waals surface area contributed by atoms with E-state index >= 15 is 0 Å². The highest BCUT2D eigenvalue weighted by atomic mass is 35.5. The Hall–Kier alpha value is -3.09. The molecule has 0 bridgehead atoms. The largest absolute Gasteiger partial charge is 0.462 e. The molecule has 1 aromatic heterocycles. The zero-order valence-corrected chi connectivity index (χ0v) is 24.8. The number of halogens is 2. The number of allylic oxidation sites excluding steroid dienone is 1. The molecule has 3 aliphatic heterocycles. The average molecular weight is 580 g/mol. The van der Waals surface area contributed by atoms with E-state index in [4.69, 9.17) is 26.3 Å². The topological polar surface area (TPSA) is 71.8 Å². The summed E-state index contributed by atoms with van der Waals surface area (Å²) in [4.78, 5) is 18.9. The minimum absolute atomic E-state index is 0.115. The van der Waals surface area contributed by atoms with Crippen LogP contribution in [0.2, 0.25) is 5.02 Å². The van der Waals surface area contributed by atoms with Gasteiger partial charge < -0.3 is 24.3 Å². The van der Waals surface area contributed by atoms with E-state index in [-0.39, 0.29) is 11.9 Å². The number of aromatic nitrogens is 2. The van der Waals surface area contributed by atoms with E-state index in [1.165, 1.54) is 42.8 Å². The summed E-state index contributed by atoms with van der Waals surface area (Å²) in [5.41, 5.74) is 6.14. The van der Waals surface area contributed by atoms with Gasteiger partial charge in [-0.2, -0.15) is 15.2 Å².